The van der Waals surface area contributed by atoms with E-state index in [2.05, 4.69) is 5.32 Å². The van der Waals surface area contributed by atoms with E-state index >= 15 is 0 Å². The van der Waals surface area contributed by atoms with Crippen molar-refractivity contribution in [2.45, 2.75) is 19.1 Å². The van der Waals surface area contributed by atoms with Gasteiger partial charge in [0, 0.05) is 18.2 Å². The highest BCUT2D eigenvalue weighted by Crippen LogP contribution is 2.41. The van der Waals surface area contributed by atoms with E-state index in [0.29, 0.717) is 16.9 Å². The molecule has 1 heterocycles. The Balaban J connectivity index is 2.02. The van der Waals surface area contributed by atoms with E-state index in [-0.39, 0.29) is 5.91 Å². The summed E-state index contributed by atoms with van der Waals surface area (Å²) in [4.78, 5) is 25.3. The van der Waals surface area contributed by atoms with E-state index in [0.717, 1.165) is 12.1 Å². The van der Waals surface area contributed by atoms with Crippen molar-refractivity contribution in [2.24, 2.45) is 0 Å². The first kappa shape index (κ1) is 16.0. The van der Waals surface area contributed by atoms with Gasteiger partial charge in [-0.1, -0.05) is 18.2 Å². The number of fused-ring (bicyclic) bond motifs is 1. The number of anilines is 2. The first-order valence-electron chi connectivity index (χ1n) is 7.16. The van der Waals surface area contributed by atoms with Crippen molar-refractivity contribution < 1.29 is 22.8 Å². The number of hydrogen-bond donors (Lipinski definition) is 1. The van der Waals surface area contributed by atoms with Crippen LogP contribution in [0.1, 0.15) is 24.1 Å². The molecule has 3 rings (SSSR count). The fraction of sp³-hybridized carbons (Fsp3) is 0.176. The van der Waals surface area contributed by atoms with Gasteiger partial charge in [0.25, 0.3) is 5.91 Å². The predicted molar refractivity (Wildman–Crippen MR) is 81.6 cm³/mol. The van der Waals surface area contributed by atoms with Crippen LogP contribution in [0.3, 0.4) is 0 Å². The van der Waals surface area contributed by atoms with Crippen LogP contribution in [-0.4, -0.2) is 11.8 Å². The Labute approximate surface area is 135 Å². The number of halogens is 3. The van der Waals surface area contributed by atoms with Gasteiger partial charge in [-0.2, -0.15) is 13.2 Å². The summed E-state index contributed by atoms with van der Waals surface area (Å²) in [5.41, 5.74) is 0.677. The maximum absolute atomic E-state index is 12.7. The number of para-hydroxylation sites is 1. The van der Waals surface area contributed by atoms with Crippen LogP contribution in [0.4, 0.5) is 24.5 Å². The average molecular weight is 334 g/mol. The van der Waals surface area contributed by atoms with Crippen LogP contribution in [0.15, 0.2) is 48.5 Å². The molecule has 0 fully saturated rings. The molecule has 1 aliphatic heterocycles. The summed E-state index contributed by atoms with van der Waals surface area (Å²) in [6.07, 6.45) is -4.44. The van der Waals surface area contributed by atoms with Crippen molar-refractivity contribution in [1.82, 2.24) is 5.32 Å². The van der Waals surface area contributed by atoms with Gasteiger partial charge in [0.05, 0.1) is 11.3 Å². The summed E-state index contributed by atoms with van der Waals surface area (Å²) in [6, 6.07) is 10.3. The molecule has 0 bridgehead atoms. The van der Waals surface area contributed by atoms with Crippen molar-refractivity contribution in [3.63, 3.8) is 0 Å². The molecule has 0 spiro atoms. The van der Waals surface area contributed by atoms with Crippen LogP contribution >= 0.6 is 0 Å². The summed E-state index contributed by atoms with van der Waals surface area (Å²) < 4.78 is 38.1. The summed E-state index contributed by atoms with van der Waals surface area (Å²) in [7, 11) is 0. The van der Waals surface area contributed by atoms with Gasteiger partial charge in [-0.05, 0) is 30.3 Å². The second-order valence-electron chi connectivity index (χ2n) is 5.41. The highest BCUT2D eigenvalue weighted by atomic mass is 19.4. The largest absolute Gasteiger partial charge is 0.416 e. The number of benzene rings is 2. The Hall–Kier alpha value is -2.83. The molecule has 124 valence electrons. The van der Waals surface area contributed by atoms with Crippen LogP contribution in [0.25, 0.3) is 0 Å². The minimum Gasteiger partial charge on any atom is -0.341 e. The van der Waals surface area contributed by atoms with Crippen LogP contribution in [0.5, 0.6) is 0 Å². The molecule has 2 aromatic carbocycles. The van der Waals surface area contributed by atoms with Crippen LogP contribution < -0.4 is 10.2 Å². The molecule has 24 heavy (non-hydrogen) atoms. The third-order valence-corrected chi connectivity index (χ3v) is 3.76. The first-order valence-corrected chi connectivity index (χ1v) is 7.16. The number of alkyl halides is 3. The quantitative estimate of drug-likeness (QED) is 0.913. The number of hydrogen-bond acceptors (Lipinski definition) is 2. The number of rotatable bonds is 2. The molecule has 1 aliphatic rings. The van der Waals surface area contributed by atoms with Gasteiger partial charge in [-0.3, -0.25) is 14.5 Å². The van der Waals surface area contributed by atoms with Crippen molar-refractivity contribution >= 4 is 23.2 Å². The third-order valence-electron chi connectivity index (χ3n) is 3.76. The van der Waals surface area contributed by atoms with E-state index in [4.69, 9.17) is 0 Å². The molecule has 1 atom stereocenters. The molecule has 2 amide bonds. The smallest absolute Gasteiger partial charge is 0.341 e. The lowest BCUT2D eigenvalue weighted by atomic mass is 10.1. The third kappa shape index (κ3) is 2.73. The summed E-state index contributed by atoms with van der Waals surface area (Å²) >= 11 is 0. The summed E-state index contributed by atoms with van der Waals surface area (Å²) in [5, 5.41) is 2.57. The van der Waals surface area contributed by atoms with E-state index in [9.17, 15) is 22.8 Å². The average Bonchev–Trinajstić information content (AvgIpc) is 2.79. The zero-order valence-electron chi connectivity index (χ0n) is 12.6. The molecule has 2 aromatic rings. The number of carbonyl (C=O) groups is 2. The SMILES string of the molecule is CC(=O)NC1C(=O)N(c2ccc(C(F)(F)F)cc2)c2ccccc21. The molecular formula is C17H13F3N2O2. The number of nitrogens with zero attached hydrogens (tertiary/aromatic N) is 1. The van der Waals surface area contributed by atoms with Crippen LogP contribution in [0.2, 0.25) is 0 Å². The second kappa shape index (κ2) is 5.67. The van der Waals surface area contributed by atoms with Gasteiger partial charge in [0.2, 0.25) is 5.91 Å². The molecule has 4 nitrogen and oxygen atoms in total. The van der Waals surface area contributed by atoms with Crippen molar-refractivity contribution in [1.29, 1.82) is 0 Å². The van der Waals surface area contributed by atoms with Crippen molar-refractivity contribution in [3.8, 4) is 0 Å². The minimum absolute atomic E-state index is 0.313. The second-order valence-corrected chi connectivity index (χ2v) is 5.41. The van der Waals surface area contributed by atoms with Gasteiger partial charge in [0.1, 0.15) is 6.04 Å². The Kier molecular flexibility index (Phi) is 3.79. The standard InChI is InChI=1S/C17H13F3N2O2/c1-10(23)21-15-13-4-2-3-5-14(13)22(16(15)24)12-8-6-11(7-9-12)17(18,19)20/h2-9,15H,1H3,(H,21,23). The van der Waals surface area contributed by atoms with E-state index in [1.165, 1.54) is 24.0 Å². The zero-order chi connectivity index (χ0) is 17.5. The topological polar surface area (TPSA) is 49.4 Å². The first-order chi connectivity index (χ1) is 11.3. The van der Waals surface area contributed by atoms with E-state index in [1.54, 1.807) is 24.3 Å². The monoisotopic (exact) mass is 334 g/mol. The minimum atomic E-state index is -4.44. The molecule has 1 unspecified atom stereocenters. The fourth-order valence-corrected chi connectivity index (χ4v) is 2.72. The lowest BCUT2D eigenvalue weighted by Gasteiger charge is -2.19. The zero-order valence-corrected chi connectivity index (χ0v) is 12.6. The summed E-state index contributed by atoms with van der Waals surface area (Å²) in [5.74, 6) is -0.774. The molecule has 0 saturated heterocycles. The molecule has 7 heteroatoms. The molecular weight excluding hydrogens is 321 g/mol. The van der Waals surface area contributed by atoms with E-state index < -0.39 is 23.7 Å². The molecule has 0 aliphatic carbocycles. The van der Waals surface area contributed by atoms with Crippen molar-refractivity contribution in [2.75, 3.05) is 4.90 Å². The highest BCUT2D eigenvalue weighted by molar-refractivity contribution is 6.11. The van der Waals surface area contributed by atoms with Gasteiger partial charge in [0.15, 0.2) is 0 Å². The van der Waals surface area contributed by atoms with Gasteiger partial charge in [-0.15, -0.1) is 0 Å². The molecule has 0 aromatic heterocycles. The van der Waals surface area contributed by atoms with Gasteiger partial charge in [-0.25, -0.2) is 0 Å². The lowest BCUT2D eigenvalue weighted by molar-refractivity contribution is -0.137. The molecule has 0 saturated carbocycles. The maximum Gasteiger partial charge on any atom is 0.416 e. The van der Waals surface area contributed by atoms with Crippen LogP contribution in [0, 0.1) is 0 Å². The number of nitrogens with one attached hydrogen (secondary N) is 1. The van der Waals surface area contributed by atoms with Gasteiger partial charge >= 0.3 is 6.18 Å². The fourth-order valence-electron chi connectivity index (χ4n) is 2.72. The molecule has 0 radical (unpaired) electrons. The maximum atomic E-state index is 12.7. The Bertz CT molecular complexity index is 800. The Morgan fingerprint density at radius 3 is 2.29 bits per heavy atom. The summed E-state index contributed by atoms with van der Waals surface area (Å²) in [6.45, 7) is 1.30. The predicted octanol–water partition coefficient (Wildman–Crippen LogP) is 3.56. The van der Waals surface area contributed by atoms with E-state index in [1.807, 2.05) is 0 Å². The lowest BCUT2D eigenvalue weighted by Crippen LogP contribution is -2.34. The Morgan fingerprint density at radius 1 is 1.08 bits per heavy atom. The number of carbonyl (C=O) groups excluding carboxylic acids is 2. The van der Waals surface area contributed by atoms with Crippen LogP contribution in [-0.2, 0) is 15.8 Å². The Morgan fingerprint density at radius 2 is 1.71 bits per heavy atom. The van der Waals surface area contributed by atoms with Gasteiger partial charge < -0.3 is 5.32 Å². The number of amides is 2. The normalized spacial score (nSPS) is 16.9. The highest BCUT2D eigenvalue weighted by Gasteiger charge is 2.39. The van der Waals surface area contributed by atoms with Crippen molar-refractivity contribution in [3.05, 3.63) is 59.7 Å². The molecule has 1 N–H and O–H groups in total.